The fourth-order valence-corrected chi connectivity index (χ4v) is 3.59. The van der Waals surface area contributed by atoms with Gasteiger partial charge in [0.1, 0.15) is 5.60 Å². The first kappa shape index (κ1) is 17.2. The van der Waals surface area contributed by atoms with Gasteiger partial charge in [-0.15, -0.1) is 0 Å². The molecule has 2 heterocycles. The van der Waals surface area contributed by atoms with Crippen molar-refractivity contribution in [1.29, 1.82) is 0 Å². The molecule has 132 valence electrons. The quantitative estimate of drug-likeness (QED) is 0.835. The van der Waals surface area contributed by atoms with Crippen LogP contribution in [-0.2, 0) is 9.47 Å². The summed E-state index contributed by atoms with van der Waals surface area (Å²) in [6.45, 7) is 10.8. The van der Waals surface area contributed by atoms with Gasteiger partial charge in [-0.2, -0.15) is 0 Å². The molecule has 2 saturated heterocycles. The molecule has 1 aromatic rings. The standard InChI is InChI=1S/C19H28N2O3/c1-14(15-8-6-5-7-9-15)21-10-11-23-17-13-20(12-16(17)21)18(22)24-19(2,3)4/h5-9,14,16-17H,10-13H2,1-4H3/t14-,16+,17-/m1/s1. The van der Waals surface area contributed by atoms with E-state index in [1.54, 1.807) is 4.90 Å². The zero-order valence-electron chi connectivity index (χ0n) is 15.1. The van der Waals surface area contributed by atoms with E-state index in [1.807, 2.05) is 26.8 Å². The fraction of sp³-hybridized carbons (Fsp3) is 0.632. The van der Waals surface area contributed by atoms with Crippen LogP contribution in [0.5, 0.6) is 0 Å². The van der Waals surface area contributed by atoms with Crippen LogP contribution in [-0.4, -0.2) is 59.9 Å². The van der Waals surface area contributed by atoms with Crippen LogP contribution >= 0.6 is 0 Å². The maximum absolute atomic E-state index is 12.4. The Morgan fingerprint density at radius 3 is 2.62 bits per heavy atom. The highest BCUT2D eigenvalue weighted by Gasteiger charge is 2.44. The van der Waals surface area contributed by atoms with E-state index in [0.29, 0.717) is 25.7 Å². The third-order valence-electron chi connectivity index (χ3n) is 4.78. The van der Waals surface area contributed by atoms with Gasteiger partial charge in [0.25, 0.3) is 0 Å². The van der Waals surface area contributed by atoms with E-state index < -0.39 is 5.60 Å². The molecule has 24 heavy (non-hydrogen) atoms. The number of fused-ring (bicyclic) bond motifs is 1. The molecule has 1 aromatic carbocycles. The van der Waals surface area contributed by atoms with Gasteiger partial charge in [0.05, 0.1) is 25.3 Å². The molecule has 0 saturated carbocycles. The van der Waals surface area contributed by atoms with Crippen molar-refractivity contribution in [3.8, 4) is 0 Å². The van der Waals surface area contributed by atoms with E-state index in [0.717, 1.165) is 6.54 Å². The molecule has 3 atom stereocenters. The van der Waals surface area contributed by atoms with E-state index in [4.69, 9.17) is 9.47 Å². The molecule has 0 spiro atoms. The fourth-order valence-electron chi connectivity index (χ4n) is 3.59. The number of likely N-dealkylation sites (tertiary alicyclic amines) is 1. The molecular formula is C19H28N2O3. The summed E-state index contributed by atoms with van der Waals surface area (Å²) in [5.74, 6) is 0. The Morgan fingerprint density at radius 1 is 1.25 bits per heavy atom. The van der Waals surface area contributed by atoms with Crippen LogP contribution in [0.4, 0.5) is 4.79 Å². The van der Waals surface area contributed by atoms with E-state index >= 15 is 0 Å². The van der Waals surface area contributed by atoms with Crippen molar-refractivity contribution < 1.29 is 14.3 Å². The van der Waals surface area contributed by atoms with Gasteiger partial charge < -0.3 is 14.4 Å². The molecule has 0 radical (unpaired) electrons. The van der Waals surface area contributed by atoms with Gasteiger partial charge in [-0.1, -0.05) is 30.3 Å². The highest BCUT2D eigenvalue weighted by molar-refractivity contribution is 5.68. The zero-order valence-corrected chi connectivity index (χ0v) is 15.1. The van der Waals surface area contributed by atoms with Crippen molar-refractivity contribution in [3.63, 3.8) is 0 Å². The van der Waals surface area contributed by atoms with Gasteiger partial charge in [-0.25, -0.2) is 4.79 Å². The number of carbonyl (C=O) groups is 1. The lowest BCUT2D eigenvalue weighted by Gasteiger charge is -2.40. The van der Waals surface area contributed by atoms with Crippen molar-refractivity contribution in [2.45, 2.75) is 51.5 Å². The van der Waals surface area contributed by atoms with Crippen molar-refractivity contribution in [1.82, 2.24) is 9.80 Å². The van der Waals surface area contributed by atoms with E-state index in [1.165, 1.54) is 5.56 Å². The molecule has 3 rings (SSSR count). The van der Waals surface area contributed by atoms with Crippen LogP contribution in [0.1, 0.15) is 39.3 Å². The molecular weight excluding hydrogens is 304 g/mol. The van der Waals surface area contributed by atoms with Crippen molar-refractivity contribution in [3.05, 3.63) is 35.9 Å². The van der Waals surface area contributed by atoms with Gasteiger partial charge in [0, 0.05) is 19.1 Å². The van der Waals surface area contributed by atoms with Crippen molar-refractivity contribution in [2.75, 3.05) is 26.2 Å². The summed E-state index contributed by atoms with van der Waals surface area (Å²) >= 11 is 0. The summed E-state index contributed by atoms with van der Waals surface area (Å²) in [7, 11) is 0. The molecule has 1 amide bonds. The maximum atomic E-state index is 12.4. The first-order chi connectivity index (χ1) is 11.3. The molecule has 5 heteroatoms. The minimum Gasteiger partial charge on any atom is -0.444 e. The van der Waals surface area contributed by atoms with E-state index in [9.17, 15) is 4.79 Å². The summed E-state index contributed by atoms with van der Waals surface area (Å²) in [6.07, 6.45) is -0.176. The summed E-state index contributed by atoms with van der Waals surface area (Å²) in [5, 5.41) is 0. The lowest BCUT2D eigenvalue weighted by atomic mass is 10.0. The maximum Gasteiger partial charge on any atom is 0.410 e. The first-order valence-electron chi connectivity index (χ1n) is 8.75. The minimum absolute atomic E-state index is 0.0671. The number of benzene rings is 1. The number of nitrogens with zero attached hydrogens (tertiary/aromatic N) is 2. The van der Waals surface area contributed by atoms with Crippen LogP contribution in [0.3, 0.4) is 0 Å². The van der Waals surface area contributed by atoms with Crippen LogP contribution < -0.4 is 0 Å². The number of hydrogen-bond acceptors (Lipinski definition) is 4. The van der Waals surface area contributed by atoms with Crippen LogP contribution in [0.25, 0.3) is 0 Å². The third kappa shape index (κ3) is 3.73. The predicted octanol–water partition coefficient (Wildman–Crippen LogP) is 3.07. The predicted molar refractivity (Wildman–Crippen MR) is 92.9 cm³/mol. The van der Waals surface area contributed by atoms with Gasteiger partial charge in [0.2, 0.25) is 0 Å². The second-order valence-corrected chi connectivity index (χ2v) is 7.69. The molecule has 2 fully saturated rings. The summed E-state index contributed by atoms with van der Waals surface area (Å²) in [6, 6.07) is 11.0. The second-order valence-electron chi connectivity index (χ2n) is 7.69. The first-order valence-corrected chi connectivity index (χ1v) is 8.75. The van der Waals surface area contributed by atoms with Crippen LogP contribution in [0.2, 0.25) is 0 Å². The number of rotatable bonds is 2. The second kappa shape index (κ2) is 6.73. The van der Waals surface area contributed by atoms with E-state index in [2.05, 4.69) is 36.1 Å². The van der Waals surface area contributed by atoms with Gasteiger partial charge in [-0.05, 0) is 33.3 Å². The Morgan fingerprint density at radius 2 is 1.96 bits per heavy atom. The Balaban J connectivity index is 1.70. The van der Waals surface area contributed by atoms with Crippen molar-refractivity contribution >= 4 is 6.09 Å². The Kier molecular flexibility index (Phi) is 4.83. The number of carbonyl (C=O) groups excluding carboxylic acids is 1. The highest BCUT2D eigenvalue weighted by Crippen LogP contribution is 2.31. The Bertz CT molecular complexity index is 570. The molecule has 2 aliphatic rings. The molecule has 0 aromatic heterocycles. The molecule has 5 nitrogen and oxygen atoms in total. The number of hydrogen-bond donors (Lipinski definition) is 0. The number of amides is 1. The average molecular weight is 332 g/mol. The van der Waals surface area contributed by atoms with E-state index in [-0.39, 0.29) is 18.2 Å². The minimum atomic E-state index is -0.470. The average Bonchev–Trinajstić information content (AvgIpc) is 2.97. The largest absolute Gasteiger partial charge is 0.444 e. The molecule has 0 unspecified atom stereocenters. The molecule has 0 aliphatic carbocycles. The Hall–Kier alpha value is -1.59. The highest BCUT2D eigenvalue weighted by atomic mass is 16.6. The third-order valence-corrected chi connectivity index (χ3v) is 4.78. The van der Waals surface area contributed by atoms with Crippen molar-refractivity contribution in [2.24, 2.45) is 0 Å². The molecule has 2 aliphatic heterocycles. The Labute approximate surface area is 144 Å². The topological polar surface area (TPSA) is 42.0 Å². The monoisotopic (exact) mass is 332 g/mol. The molecule has 0 bridgehead atoms. The van der Waals surface area contributed by atoms with Gasteiger partial charge in [-0.3, -0.25) is 4.90 Å². The summed E-state index contributed by atoms with van der Waals surface area (Å²) < 4.78 is 11.5. The van der Waals surface area contributed by atoms with Gasteiger partial charge in [0.15, 0.2) is 0 Å². The number of morpholine rings is 1. The van der Waals surface area contributed by atoms with Crippen LogP contribution in [0.15, 0.2) is 30.3 Å². The summed E-state index contributed by atoms with van der Waals surface area (Å²) in [5.41, 5.74) is 0.830. The van der Waals surface area contributed by atoms with Gasteiger partial charge >= 0.3 is 6.09 Å². The zero-order chi connectivity index (χ0) is 17.3. The number of ether oxygens (including phenoxy) is 2. The molecule has 0 N–H and O–H groups in total. The van der Waals surface area contributed by atoms with Crippen LogP contribution in [0, 0.1) is 0 Å². The smallest absolute Gasteiger partial charge is 0.410 e. The summed E-state index contributed by atoms with van der Waals surface area (Å²) in [4.78, 5) is 16.6. The SMILES string of the molecule is C[C@H](c1ccccc1)N1CCO[C@@H]2CN(C(=O)OC(C)(C)C)C[C@@H]21. The lowest BCUT2D eigenvalue weighted by Crippen LogP contribution is -2.51. The lowest BCUT2D eigenvalue weighted by molar-refractivity contribution is -0.0616. The normalized spacial score (nSPS) is 26.1.